The van der Waals surface area contributed by atoms with Crippen molar-refractivity contribution in [3.05, 3.63) is 46.8 Å². The maximum absolute atomic E-state index is 12.2. The van der Waals surface area contributed by atoms with E-state index in [4.69, 9.17) is 9.47 Å². The number of hydrogen-bond donors (Lipinski definition) is 1. The van der Waals surface area contributed by atoms with E-state index in [1.165, 1.54) is 0 Å². The van der Waals surface area contributed by atoms with Gasteiger partial charge in [-0.25, -0.2) is 0 Å². The number of amides is 1. The van der Waals surface area contributed by atoms with Crippen molar-refractivity contribution in [1.29, 1.82) is 5.26 Å². The van der Waals surface area contributed by atoms with Gasteiger partial charge < -0.3 is 19.4 Å². The van der Waals surface area contributed by atoms with Crippen LogP contribution in [0.4, 0.5) is 0 Å². The van der Waals surface area contributed by atoms with Gasteiger partial charge in [-0.05, 0) is 56.5 Å². The van der Waals surface area contributed by atoms with Gasteiger partial charge in [-0.15, -0.1) is 0 Å². The predicted octanol–water partition coefficient (Wildman–Crippen LogP) is 3.01. The van der Waals surface area contributed by atoms with Crippen molar-refractivity contribution in [1.82, 2.24) is 9.88 Å². The van der Waals surface area contributed by atoms with Crippen molar-refractivity contribution in [2.45, 2.75) is 32.7 Å². The van der Waals surface area contributed by atoms with Gasteiger partial charge in [0.2, 0.25) is 6.79 Å². The first-order chi connectivity index (χ1) is 12.6. The molecule has 1 fully saturated rings. The summed E-state index contributed by atoms with van der Waals surface area (Å²) in [6.45, 7) is 4.19. The molecule has 1 amide bonds. The molecular weight excluding hydrogens is 330 g/mol. The van der Waals surface area contributed by atoms with Gasteiger partial charge in [-0.2, -0.15) is 5.26 Å². The van der Waals surface area contributed by atoms with Crippen LogP contribution >= 0.6 is 0 Å². The van der Waals surface area contributed by atoms with E-state index >= 15 is 0 Å². The number of nitrogens with zero attached hydrogens (tertiary/aromatic N) is 2. The average molecular weight is 349 g/mol. The molecule has 1 aromatic carbocycles. The zero-order chi connectivity index (χ0) is 18.3. The number of fused-ring (bicyclic) bond motifs is 1. The molecule has 132 valence electrons. The summed E-state index contributed by atoms with van der Waals surface area (Å²) in [4.78, 5) is 12.2. The summed E-state index contributed by atoms with van der Waals surface area (Å²) >= 11 is 0. The number of aryl methyl sites for hydroxylation is 1. The molecule has 2 heterocycles. The van der Waals surface area contributed by atoms with E-state index in [9.17, 15) is 10.1 Å². The van der Waals surface area contributed by atoms with Crippen molar-refractivity contribution < 1.29 is 14.3 Å². The number of nitriles is 1. The van der Waals surface area contributed by atoms with E-state index in [1.807, 2.05) is 44.2 Å². The molecule has 1 N–H and O–H groups in total. The van der Waals surface area contributed by atoms with Crippen LogP contribution in [0.15, 0.2) is 29.8 Å². The molecule has 0 spiro atoms. The van der Waals surface area contributed by atoms with E-state index in [0.29, 0.717) is 5.75 Å². The maximum atomic E-state index is 12.2. The Labute approximate surface area is 151 Å². The third-order valence-electron chi connectivity index (χ3n) is 4.66. The molecule has 1 aliphatic heterocycles. The second-order valence-electron chi connectivity index (χ2n) is 6.62. The van der Waals surface area contributed by atoms with Crippen molar-refractivity contribution in [2.24, 2.45) is 0 Å². The lowest BCUT2D eigenvalue weighted by Crippen LogP contribution is -2.26. The van der Waals surface area contributed by atoms with Crippen LogP contribution in [0.2, 0.25) is 0 Å². The zero-order valence-electron chi connectivity index (χ0n) is 14.7. The Morgan fingerprint density at radius 2 is 2.04 bits per heavy atom. The SMILES string of the molecule is Cc1cc(C=C(C#N)C(=O)NC2CC2)c(C)n1-c1ccc2c(c1)OCO2. The molecule has 2 aliphatic rings. The highest BCUT2D eigenvalue weighted by Gasteiger charge is 2.25. The summed E-state index contributed by atoms with van der Waals surface area (Å²) in [5, 5.41) is 12.2. The second kappa shape index (κ2) is 6.26. The lowest BCUT2D eigenvalue weighted by molar-refractivity contribution is -0.117. The van der Waals surface area contributed by atoms with Crippen LogP contribution in [0.3, 0.4) is 0 Å². The van der Waals surface area contributed by atoms with Gasteiger partial charge in [0, 0.05) is 29.2 Å². The molecule has 4 rings (SSSR count). The van der Waals surface area contributed by atoms with E-state index in [2.05, 4.69) is 9.88 Å². The number of hydrogen-bond acceptors (Lipinski definition) is 4. The maximum Gasteiger partial charge on any atom is 0.262 e. The fourth-order valence-corrected chi connectivity index (χ4v) is 3.15. The minimum Gasteiger partial charge on any atom is -0.454 e. The Balaban J connectivity index is 1.69. The highest BCUT2D eigenvalue weighted by atomic mass is 16.7. The zero-order valence-corrected chi connectivity index (χ0v) is 14.7. The molecule has 26 heavy (non-hydrogen) atoms. The molecule has 2 aromatic rings. The van der Waals surface area contributed by atoms with E-state index in [1.54, 1.807) is 6.08 Å². The second-order valence-corrected chi connectivity index (χ2v) is 6.62. The first kappa shape index (κ1) is 16.3. The Hall–Kier alpha value is -3.20. The number of carbonyl (C=O) groups excluding carboxylic acids is 1. The van der Waals surface area contributed by atoms with Gasteiger partial charge in [0.05, 0.1) is 0 Å². The smallest absolute Gasteiger partial charge is 0.262 e. The van der Waals surface area contributed by atoms with Gasteiger partial charge in [0.1, 0.15) is 11.6 Å². The predicted molar refractivity (Wildman–Crippen MR) is 96.1 cm³/mol. The standard InChI is InChI=1S/C20H19N3O3/c1-12-7-14(8-15(10-21)20(24)22-16-3-4-16)13(2)23(12)17-5-6-18-19(9-17)26-11-25-18/h5-9,16H,3-4,11H2,1-2H3,(H,22,24). The molecule has 1 saturated carbocycles. The molecule has 1 aromatic heterocycles. The molecule has 6 nitrogen and oxygen atoms in total. The largest absolute Gasteiger partial charge is 0.454 e. The van der Waals surface area contributed by atoms with Crippen LogP contribution in [-0.4, -0.2) is 23.3 Å². The number of aromatic nitrogens is 1. The van der Waals surface area contributed by atoms with Crippen molar-refractivity contribution >= 4 is 12.0 Å². The van der Waals surface area contributed by atoms with Crippen molar-refractivity contribution in [2.75, 3.05) is 6.79 Å². The lowest BCUT2D eigenvalue weighted by atomic mass is 10.1. The molecule has 0 unspecified atom stereocenters. The van der Waals surface area contributed by atoms with Crippen LogP contribution in [0.1, 0.15) is 29.8 Å². The Bertz CT molecular complexity index is 961. The highest BCUT2D eigenvalue weighted by Crippen LogP contribution is 2.35. The topological polar surface area (TPSA) is 76.3 Å². The molecular formula is C20H19N3O3. The van der Waals surface area contributed by atoms with Crippen molar-refractivity contribution in [3.8, 4) is 23.3 Å². The molecule has 0 bridgehead atoms. The Morgan fingerprint density at radius 3 is 2.77 bits per heavy atom. The highest BCUT2D eigenvalue weighted by molar-refractivity contribution is 6.02. The number of nitrogens with one attached hydrogen (secondary N) is 1. The van der Waals surface area contributed by atoms with E-state index in [-0.39, 0.29) is 24.3 Å². The first-order valence-corrected chi connectivity index (χ1v) is 8.58. The monoisotopic (exact) mass is 349 g/mol. The fraction of sp³-hybridized carbons (Fsp3) is 0.300. The summed E-state index contributed by atoms with van der Waals surface area (Å²) < 4.78 is 12.9. The molecule has 0 saturated heterocycles. The summed E-state index contributed by atoms with van der Waals surface area (Å²) in [7, 11) is 0. The van der Waals surface area contributed by atoms with Gasteiger partial charge in [0.25, 0.3) is 5.91 Å². The van der Waals surface area contributed by atoms with Gasteiger partial charge >= 0.3 is 0 Å². The number of rotatable bonds is 4. The molecule has 0 atom stereocenters. The van der Waals surface area contributed by atoms with Crippen LogP contribution in [0.25, 0.3) is 11.8 Å². The third kappa shape index (κ3) is 2.93. The number of benzene rings is 1. The number of ether oxygens (including phenoxy) is 2. The Morgan fingerprint density at radius 1 is 1.27 bits per heavy atom. The van der Waals surface area contributed by atoms with Crippen LogP contribution in [-0.2, 0) is 4.79 Å². The lowest BCUT2D eigenvalue weighted by Gasteiger charge is -2.10. The molecule has 6 heteroatoms. The summed E-state index contributed by atoms with van der Waals surface area (Å²) in [6, 6.07) is 9.99. The molecule has 1 aliphatic carbocycles. The summed E-state index contributed by atoms with van der Waals surface area (Å²) in [6.07, 6.45) is 3.63. The number of carbonyl (C=O) groups is 1. The van der Waals surface area contributed by atoms with Crippen LogP contribution in [0, 0.1) is 25.2 Å². The van der Waals surface area contributed by atoms with Crippen molar-refractivity contribution in [3.63, 3.8) is 0 Å². The van der Waals surface area contributed by atoms with Gasteiger partial charge in [0.15, 0.2) is 11.5 Å². The van der Waals surface area contributed by atoms with E-state index < -0.39 is 0 Å². The minimum absolute atomic E-state index is 0.128. The van der Waals surface area contributed by atoms with Gasteiger partial charge in [-0.3, -0.25) is 4.79 Å². The van der Waals surface area contributed by atoms with Gasteiger partial charge in [-0.1, -0.05) is 0 Å². The Kier molecular flexibility index (Phi) is 3.92. The average Bonchev–Trinajstić information content (AvgIpc) is 3.23. The summed E-state index contributed by atoms with van der Waals surface area (Å²) in [5.74, 6) is 1.15. The summed E-state index contributed by atoms with van der Waals surface area (Å²) in [5.41, 5.74) is 3.89. The fourth-order valence-electron chi connectivity index (χ4n) is 3.15. The van der Waals surface area contributed by atoms with E-state index in [0.717, 1.165) is 41.2 Å². The quantitative estimate of drug-likeness (QED) is 0.680. The molecule has 0 radical (unpaired) electrons. The first-order valence-electron chi connectivity index (χ1n) is 8.58. The third-order valence-corrected chi connectivity index (χ3v) is 4.66. The minimum atomic E-state index is -0.303. The van der Waals surface area contributed by atoms with Crippen LogP contribution in [0.5, 0.6) is 11.5 Å². The normalized spacial score (nSPS) is 15.7. The van der Waals surface area contributed by atoms with Crippen LogP contribution < -0.4 is 14.8 Å².